The highest BCUT2D eigenvalue weighted by Gasteiger charge is 2.39. The number of carbonyl (C=O) groups is 2. The van der Waals surface area contributed by atoms with Gasteiger partial charge in [0.15, 0.2) is 0 Å². The summed E-state index contributed by atoms with van der Waals surface area (Å²) in [5, 5.41) is 12.2. The molecule has 0 aromatic rings. The smallest absolute Gasteiger partial charge is 0.317 e. The lowest BCUT2D eigenvalue weighted by atomic mass is 9.96. The largest absolute Gasteiger partial charge is 0.481 e. The van der Waals surface area contributed by atoms with Crippen molar-refractivity contribution in [2.45, 2.75) is 69.9 Å². The first-order valence-electron chi connectivity index (χ1n) is 8.47. The third-order valence-electron chi connectivity index (χ3n) is 5.65. The molecule has 3 fully saturated rings. The van der Waals surface area contributed by atoms with Gasteiger partial charge in [0.25, 0.3) is 0 Å². The molecule has 2 amide bonds. The van der Waals surface area contributed by atoms with Gasteiger partial charge in [-0.25, -0.2) is 4.79 Å². The van der Waals surface area contributed by atoms with E-state index < -0.39 is 11.9 Å². The van der Waals surface area contributed by atoms with E-state index in [0.29, 0.717) is 18.4 Å². The Morgan fingerprint density at radius 1 is 0.952 bits per heavy atom. The summed E-state index contributed by atoms with van der Waals surface area (Å²) < 4.78 is 0. The average Bonchev–Trinajstić information content (AvgIpc) is 3.19. The second kappa shape index (κ2) is 6.24. The molecule has 1 heterocycles. The molecule has 0 radical (unpaired) electrons. The van der Waals surface area contributed by atoms with Gasteiger partial charge < -0.3 is 15.3 Å². The van der Waals surface area contributed by atoms with E-state index in [9.17, 15) is 14.7 Å². The van der Waals surface area contributed by atoms with Crippen molar-refractivity contribution in [2.24, 2.45) is 11.8 Å². The van der Waals surface area contributed by atoms with Crippen LogP contribution in [0.2, 0.25) is 0 Å². The van der Waals surface area contributed by atoms with Crippen LogP contribution in [-0.2, 0) is 4.79 Å². The van der Waals surface area contributed by atoms with Crippen LogP contribution in [0.3, 0.4) is 0 Å². The number of rotatable bonds is 3. The quantitative estimate of drug-likeness (QED) is 0.840. The van der Waals surface area contributed by atoms with Crippen molar-refractivity contribution in [2.75, 3.05) is 6.54 Å². The van der Waals surface area contributed by atoms with Crippen LogP contribution in [0.15, 0.2) is 0 Å². The van der Waals surface area contributed by atoms with Crippen LogP contribution in [0.5, 0.6) is 0 Å². The van der Waals surface area contributed by atoms with Gasteiger partial charge >= 0.3 is 12.0 Å². The van der Waals surface area contributed by atoms with E-state index in [1.54, 1.807) is 0 Å². The molecular weight excluding hydrogens is 268 g/mol. The minimum atomic E-state index is -0.772. The summed E-state index contributed by atoms with van der Waals surface area (Å²) in [6.07, 6.45) is 9.66. The van der Waals surface area contributed by atoms with Gasteiger partial charge in [-0.3, -0.25) is 4.79 Å². The molecular formula is C16H26N2O3. The predicted molar refractivity (Wildman–Crippen MR) is 79.0 cm³/mol. The number of hydrogen-bond acceptors (Lipinski definition) is 2. The number of amides is 2. The van der Waals surface area contributed by atoms with Crippen molar-refractivity contribution in [3.8, 4) is 0 Å². The number of urea groups is 1. The normalized spacial score (nSPS) is 33.5. The summed E-state index contributed by atoms with van der Waals surface area (Å²) in [4.78, 5) is 25.8. The molecule has 0 spiro atoms. The molecule has 1 saturated heterocycles. The highest BCUT2D eigenvalue weighted by atomic mass is 16.4. The van der Waals surface area contributed by atoms with E-state index in [0.717, 1.165) is 32.2 Å². The molecule has 118 valence electrons. The molecule has 2 aliphatic carbocycles. The number of carbonyl (C=O) groups excluding carboxylic acids is 1. The Hall–Kier alpha value is -1.26. The maximum absolute atomic E-state index is 12.6. The minimum Gasteiger partial charge on any atom is -0.481 e. The summed E-state index contributed by atoms with van der Waals surface area (Å²) >= 11 is 0. The van der Waals surface area contributed by atoms with Gasteiger partial charge in [0, 0.05) is 18.6 Å². The van der Waals surface area contributed by atoms with E-state index in [1.807, 2.05) is 4.90 Å². The minimum absolute atomic E-state index is 0.0254. The van der Waals surface area contributed by atoms with Crippen molar-refractivity contribution >= 4 is 12.0 Å². The zero-order valence-corrected chi connectivity index (χ0v) is 12.6. The summed E-state index contributed by atoms with van der Waals surface area (Å²) in [5.41, 5.74) is 0. The molecule has 2 saturated carbocycles. The molecule has 3 unspecified atom stereocenters. The summed E-state index contributed by atoms with van der Waals surface area (Å²) in [7, 11) is 0. The highest BCUT2D eigenvalue weighted by Crippen LogP contribution is 2.35. The highest BCUT2D eigenvalue weighted by molar-refractivity contribution is 5.77. The molecule has 1 aliphatic heterocycles. The van der Waals surface area contributed by atoms with Crippen LogP contribution >= 0.6 is 0 Å². The number of nitrogens with one attached hydrogen (secondary N) is 1. The molecule has 5 heteroatoms. The van der Waals surface area contributed by atoms with Crippen LogP contribution in [0.25, 0.3) is 0 Å². The lowest BCUT2D eigenvalue weighted by Crippen LogP contribution is -2.50. The third-order valence-corrected chi connectivity index (χ3v) is 5.65. The Balaban J connectivity index is 1.60. The van der Waals surface area contributed by atoms with Crippen molar-refractivity contribution in [1.29, 1.82) is 0 Å². The second-order valence-corrected chi connectivity index (χ2v) is 6.88. The van der Waals surface area contributed by atoms with Crippen LogP contribution in [0.1, 0.15) is 57.8 Å². The zero-order valence-electron chi connectivity index (χ0n) is 12.6. The lowest BCUT2D eigenvalue weighted by Gasteiger charge is -2.31. The monoisotopic (exact) mass is 294 g/mol. The molecule has 3 rings (SSSR count). The third kappa shape index (κ3) is 3.01. The van der Waals surface area contributed by atoms with E-state index in [2.05, 4.69) is 5.32 Å². The van der Waals surface area contributed by atoms with Gasteiger partial charge in [0.05, 0.1) is 5.92 Å². The number of nitrogens with zero attached hydrogens (tertiary/aromatic N) is 1. The van der Waals surface area contributed by atoms with Gasteiger partial charge in [-0.05, 0) is 44.4 Å². The maximum atomic E-state index is 12.6. The zero-order chi connectivity index (χ0) is 14.8. The van der Waals surface area contributed by atoms with Gasteiger partial charge in [0.2, 0.25) is 0 Å². The van der Waals surface area contributed by atoms with Crippen molar-refractivity contribution in [3.63, 3.8) is 0 Å². The second-order valence-electron chi connectivity index (χ2n) is 6.88. The Morgan fingerprint density at radius 2 is 1.71 bits per heavy atom. The standard InChI is InChI=1S/C16H26N2O3/c19-15(20)12-7-3-8-13(12)17-16(21)18-10-4-9-14(18)11-5-1-2-6-11/h11-14H,1-10H2,(H,17,21)(H,19,20). The van der Waals surface area contributed by atoms with Gasteiger partial charge in [-0.15, -0.1) is 0 Å². The van der Waals surface area contributed by atoms with Crippen LogP contribution in [-0.4, -0.2) is 40.6 Å². The Kier molecular flexibility index (Phi) is 4.36. The fraction of sp³-hybridized carbons (Fsp3) is 0.875. The Bertz CT molecular complexity index is 406. The van der Waals surface area contributed by atoms with Gasteiger partial charge in [0.1, 0.15) is 0 Å². The lowest BCUT2D eigenvalue weighted by molar-refractivity contribution is -0.142. The van der Waals surface area contributed by atoms with Crippen molar-refractivity contribution in [3.05, 3.63) is 0 Å². The number of hydrogen-bond donors (Lipinski definition) is 2. The van der Waals surface area contributed by atoms with E-state index in [4.69, 9.17) is 0 Å². The number of aliphatic carboxylic acids is 1. The van der Waals surface area contributed by atoms with Crippen LogP contribution in [0.4, 0.5) is 4.79 Å². The van der Waals surface area contributed by atoms with Crippen molar-refractivity contribution in [1.82, 2.24) is 10.2 Å². The fourth-order valence-electron chi connectivity index (χ4n) is 4.55. The SMILES string of the molecule is O=C(O)C1CCCC1NC(=O)N1CCCC1C1CCCC1. The Morgan fingerprint density at radius 3 is 2.43 bits per heavy atom. The molecule has 5 nitrogen and oxygen atoms in total. The molecule has 0 aromatic heterocycles. The molecule has 3 atom stereocenters. The average molecular weight is 294 g/mol. The number of carboxylic acid groups (broad SMARTS) is 1. The van der Waals surface area contributed by atoms with Crippen LogP contribution in [0, 0.1) is 11.8 Å². The predicted octanol–water partition coefficient (Wildman–Crippen LogP) is 2.60. The summed E-state index contributed by atoms with van der Waals surface area (Å²) in [6.45, 7) is 0.831. The fourth-order valence-corrected chi connectivity index (χ4v) is 4.55. The van der Waals surface area contributed by atoms with Crippen molar-refractivity contribution < 1.29 is 14.7 Å². The Labute approximate surface area is 126 Å². The molecule has 2 N–H and O–H groups in total. The van der Waals surface area contributed by atoms with Gasteiger partial charge in [-0.1, -0.05) is 19.3 Å². The van der Waals surface area contributed by atoms with Gasteiger partial charge in [-0.2, -0.15) is 0 Å². The molecule has 0 aromatic carbocycles. The first-order valence-corrected chi connectivity index (χ1v) is 8.47. The number of carboxylic acids is 1. The maximum Gasteiger partial charge on any atom is 0.317 e. The summed E-state index contributed by atoms with van der Waals surface area (Å²) in [6, 6.07) is 0.180. The summed E-state index contributed by atoms with van der Waals surface area (Å²) in [5.74, 6) is -0.509. The molecule has 21 heavy (non-hydrogen) atoms. The van der Waals surface area contributed by atoms with Crippen LogP contribution < -0.4 is 5.32 Å². The topological polar surface area (TPSA) is 69.6 Å². The first-order chi connectivity index (χ1) is 10.2. The number of likely N-dealkylation sites (tertiary alicyclic amines) is 1. The molecule has 0 bridgehead atoms. The van der Waals surface area contributed by atoms with E-state index >= 15 is 0 Å². The van der Waals surface area contributed by atoms with E-state index in [-0.39, 0.29) is 12.1 Å². The first kappa shape index (κ1) is 14.7. The van der Waals surface area contributed by atoms with E-state index in [1.165, 1.54) is 25.7 Å². The molecule has 3 aliphatic rings.